The molecule has 4 nitrogen and oxygen atoms in total. The van der Waals surface area contributed by atoms with Gasteiger partial charge in [0, 0.05) is 18.4 Å². The van der Waals surface area contributed by atoms with Crippen molar-refractivity contribution in [2.75, 3.05) is 26.7 Å². The molecule has 0 aromatic heterocycles. The number of amides is 1. The van der Waals surface area contributed by atoms with Crippen LogP contribution in [0.4, 0.5) is 0 Å². The first kappa shape index (κ1) is 20.1. The summed E-state index contributed by atoms with van der Waals surface area (Å²) < 4.78 is 5.39. The second kappa shape index (κ2) is 9.44. The third kappa shape index (κ3) is 5.11. The predicted octanol–water partition coefficient (Wildman–Crippen LogP) is 3.43. The number of benzene rings is 1. The molecule has 1 aromatic carbocycles. The summed E-state index contributed by atoms with van der Waals surface area (Å²) >= 11 is 0. The number of nitrogens with one attached hydrogen (secondary N) is 2. The van der Waals surface area contributed by atoms with Crippen molar-refractivity contribution >= 4 is 18.3 Å². The van der Waals surface area contributed by atoms with Gasteiger partial charge in [0.15, 0.2) is 0 Å². The highest BCUT2D eigenvalue weighted by Gasteiger charge is 2.36. The molecule has 0 spiro atoms. The number of hydrogen-bond donors (Lipinski definition) is 2. The average Bonchev–Trinajstić information content (AvgIpc) is 3.30. The van der Waals surface area contributed by atoms with Gasteiger partial charge in [0.1, 0.15) is 5.75 Å². The first-order valence-electron chi connectivity index (χ1n) is 9.34. The topological polar surface area (TPSA) is 50.4 Å². The molecular formula is C20H31ClN2O2. The first-order valence-corrected chi connectivity index (χ1v) is 9.34. The SMILES string of the molecule is COc1cccc(C2(CNC(=O)CCC3CCNC3)CCCC2)c1.Cl. The van der Waals surface area contributed by atoms with E-state index in [4.69, 9.17) is 4.74 Å². The molecule has 1 heterocycles. The molecule has 3 rings (SSSR count). The van der Waals surface area contributed by atoms with Crippen molar-refractivity contribution in [3.8, 4) is 5.75 Å². The summed E-state index contributed by atoms with van der Waals surface area (Å²) in [6.45, 7) is 2.92. The largest absolute Gasteiger partial charge is 0.497 e. The predicted molar refractivity (Wildman–Crippen MR) is 104 cm³/mol. The lowest BCUT2D eigenvalue weighted by atomic mass is 9.78. The van der Waals surface area contributed by atoms with E-state index in [-0.39, 0.29) is 23.7 Å². The zero-order valence-electron chi connectivity index (χ0n) is 15.2. The number of methoxy groups -OCH3 is 1. The zero-order valence-corrected chi connectivity index (χ0v) is 16.0. The molecule has 1 aliphatic carbocycles. The van der Waals surface area contributed by atoms with Gasteiger partial charge in [-0.05, 0) is 62.4 Å². The Hall–Kier alpha value is -1.26. The normalized spacial score (nSPS) is 21.6. The van der Waals surface area contributed by atoms with E-state index >= 15 is 0 Å². The molecule has 25 heavy (non-hydrogen) atoms. The maximum atomic E-state index is 12.3. The minimum absolute atomic E-state index is 0. The minimum Gasteiger partial charge on any atom is -0.497 e. The smallest absolute Gasteiger partial charge is 0.220 e. The van der Waals surface area contributed by atoms with E-state index in [1.165, 1.54) is 24.8 Å². The molecule has 1 aliphatic heterocycles. The van der Waals surface area contributed by atoms with E-state index in [1.807, 2.05) is 6.07 Å². The number of carbonyl (C=O) groups is 1. The number of hydrogen-bond acceptors (Lipinski definition) is 3. The fourth-order valence-electron chi connectivity index (χ4n) is 4.22. The Balaban J connectivity index is 0.00000225. The van der Waals surface area contributed by atoms with Crippen LogP contribution in [0, 0.1) is 5.92 Å². The van der Waals surface area contributed by atoms with Crippen LogP contribution in [0.5, 0.6) is 5.75 Å². The highest BCUT2D eigenvalue weighted by atomic mass is 35.5. The van der Waals surface area contributed by atoms with E-state index in [2.05, 4.69) is 28.8 Å². The van der Waals surface area contributed by atoms with E-state index in [1.54, 1.807) is 7.11 Å². The van der Waals surface area contributed by atoms with Gasteiger partial charge in [-0.15, -0.1) is 12.4 Å². The first-order chi connectivity index (χ1) is 11.7. The molecule has 1 saturated carbocycles. The summed E-state index contributed by atoms with van der Waals surface area (Å²) in [4.78, 5) is 12.3. The van der Waals surface area contributed by atoms with Crippen molar-refractivity contribution in [3.05, 3.63) is 29.8 Å². The Morgan fingerprint density at radius 1 is 1.36 bits per heavy atom. The van der Waals surface area contributed by atoms with Crippen LogP contribution in [0.2, 0.25) is 0 Å². The van der Waals surface area contributed by atoms with Gasteiger partial charge in [-0.3, -0.25) is 4.79 Å². The lowest BCUT2D eigenvalue weighted by Gasteiger charge is -2.30. The molecule has 1 saturated heterocycles. The minimum atomic E-state index is 0. The van der Waals surface area contributed by atoms with Gasteiger partial charge in [-0.2, -0.15) is 0 Å². The summed E-state index contributed by atoms with van der Waals surface area (Å²) in [6.07, 6.45) is 7.63. The molecule has 1 unspecified atom stereocenters. The number of ether oxygens (including phenoxy) is 1. The highest BCUT2D eigenvalue weighted by molar-refractivity contribution is 5.85. The van der Waals surface area contributed by atoms with Gasteiger partial charge in [0.2, 0.25) is 5.91 Å². The summed E-state index contributed by atoms with van der Waals surface area (Å²) in [7, 11) is 1.71. The Bertz CT molecular complexity index is 552. The van der Waals surface area contributed by atoms with Crippen LogP contribution in [-0.2, 0) is 10.2 Å². The lowest BCUT2D eigenvalue weighted by molar-refractivity contribution is -0.121. The summed E-state index contributed by atoms with van der Waals surface area (Å²) in [5.41, 5.74) is 1.39. The standard InChI is InChI=1S/C20H30N2O2.ClH/c1-24-18-6-4-5-17(13-18)20(10-2-3-11-20)15-22-19(23)8-7-16-9-12-21-14-16;/h4-6,13,16,21H,2-3,7-12,14-15H2,1H3,(H,22,23);1H. The van der Waals surface area contributed by atoms with Crippen molar-refractivity contribution in [3.63, 3.8) is 0 Å². The Kier molecular flexibility index (Phi) is 7.57. The summed E-state index contributed by atoms with van der Waals surface area (Å²) in [6, 6.07) is 8.37. The van der Waals surface area contributed by atoms with Crippen molar-refractivity contribution in [2.45, 2.75) is 50.4 Å². The fourth-order valence-corrected chi connectivity index (χ4v) is 4.22. The van der Waals surface area contributed by atoms with Crippen LogP contribution >= 0.6 is 12.4 Å². The molecule has 2 fully saturated rings. The third-order valence-electron chi connectivity index (χ3n) is 5.81. The molecule has 1 atom stereocenters. The summed E-state index contributed by atoms with van der Waals surface area (Å²) in [5.74, 6) is 1.78. The van der Waals surface area contributed by atoms with Gasteiger partial charge >= 0.3 is 0 Å². The van der Waals surface area contributed by atoms with Crippen LogP contribution < -0.4 is 15.4 Å². The van der Waals surface area contributed by atoms with E-state index < -0.39 is 0 Å². The molecule has 140 valence electrons. The third-order valence-corrected chi connectivity index (χ3v) is 5.81. The molecular weight excluding hydrogens is 336 g/mol. The van der Waals surface area contributed by atoms with Crippen LogP contribution in [0.3, 0.4) is 0 Å². The van der Waals surface area contributed by atoms with Gasteiger partial charge in [0.25, 0.3) is 0 Å². The molecule has 0 radical (unpaired) electrons. The van der Waals surface area contributed by atoms with Crippen LogP contribution in [0.15, 0.2) is 24.3 Å². The molecule has 2 N–H and O–H groups in total. The Morgan fingerprint density at radius 3 is 2.84 bits per heavy atom. The lowest BCUT2D eigenvalue weighted by Crippen LogP contribution is -2.39. The molecule has 0 bridgehead atoms. The quantitative estimate of drug-likeness (QED) is 0.777. The monoisotopic (exact) mass is 366 g/mol. The van der Waals surface area contributed by atoms with Gasteiger partial charge in [-0.25, -0.2) is 0 Å². The van der Waals surface area contributed by atoms with Crippen molar-refractivity contribution < 1.29 is 9.53 Å². The van der Waals surface area contributed by atoms with Crippen molar-refractivity contribution in [2.24, 2.45) is 5.92 Å². The average molecular weight is 367 g/mol. The Morgan fingerprint density at radius 2 is 2.16 bits per heavy atom. The number of rotatable bonds is 7. The maximum Gasteiger partial charge on any atom is 0.220 e. The van der Waals surface area contributed by atoms with Gasteiger partial charge < -0.3 is 15.4 Å². The van der Waals surface area contributed by atoms with Crippen LogP contribution in [0.25, 0.3) is 0 Å². The fraction of sp³-hybridized carbons (Fsp3) is 0.650. The second-order valence-electron chi connectivity index (χ2n) is 7.39. The van der Waals surface area contributed by atoms with Gasteiger partial charge in [-0.1, -0.05) is 25.0 Å². The van der Waals surface area contributed by atoms with Gasteiger partial charge in [0.05, 0.1) is 7.11 Å². The second-order valence-corrected chi connectivity index (χ2v) is 7.39. The zero-order chi connectivity index (χ0) is 16.8. The van der Waals surface area contributed by atoms with Crippen molar-refractivity contribution in [1.82, 2.24) is 10.6 Å². The van der Waals surface area contributed by atoms with E-state index in [0.29, 0.717) is 12.3 Å². The van der Waals surface area contributed by atoms with Crippen LogP contribution in [0.1, 0.15) is 50.5 Å². The highest BCUT2D eigenvalue weighted by Crippen LogP contribution is 2.41. The Labute approximate surface area is 157 Å². The van der Waals surface area contributed by atoms with Crippen LogP contribution in [-0.4, -0.2) is 32.7 Å². The number of halogens is 1. The molecule has 1 aromatic rings. The number of carbonyl (C=O) groups excluding carboxylic acids is 1. The van der Waals surface area contributed by atoms with E-state index in [9.17, 15) is 4.79 Å². The summed E-state index contributed by atoms with van der Waals surface area (Å²) in [5, 5.41) is 6.59. The van der Waals surface area contributed by atoms with E-state index in [0.717, 1.165) is 44.6 Å². The molecule has 2 aliphatic rings. The maximum absolute atomic E-state index is 12.3. The molecule has 5 heteroatoms. The molecule has 1 amide bonds. The van der Waals surface area contributed by atoms with Crippen molar-refractivity contribution in [1.29, 1.82) is 0 Å².